The van der Waals surface area contributed by atoms with Crippen molar-refractivity contribution >= 4 is 45.3 Å². The van der Waals surface area contributed by atoms with Gasteiger partial charge in [-0.2, -0.15) is 0 Å². The Hall–Kier alpha value is 1.93. The predicted octanol–water partition coefficient (Wildman–Crippen LogP) is 3.45. The molecule has 0 aliphatic heterocycles. The summed E-state index contributed by atoms with van der Waals surface area (Å²) < 4.78 is 0. The quantitative estimate of drug-likeness (QED) is 0.710. The molecule has 9 heavy (non-hydrogen) atoms. The van der Waals surface area contributed by atoms with Crippen molar-refractivity contribution in [3.8, 4) is 0 Å². The van der Waals surface area contributed by atoms with Crippen LogP contribution in [0.1, 0.15) is 0 Å². The average Bonchev–Trinajstić information content (AvgIpc) is 1.14. The van der Waals surface area contributed by atoms with Crippen molar-refractivity contribution in [1.82, 2.24) is 0 Å². The van der Waals surface area contributed by atoms with Gasteiger partial charge >= 0.3 is 71.6 Å². The summed E-state index contributed by atoms with van der Waals surface area (Å²) >= 11 is -1.56. The Balaban J connectivity index is 3.90. The molecule has 0 spiro atoms. The molecule has 0 saturated carbocycles. The van der Waals surface area contributed by atoms with E-state index in [1.54, 1.807) is 0 Å². The van der Waals surface area contributed by atoms with Crippen molar-refractivity contribution in [1.29, 1.82) is 0 Å². The monoisotopic (exact) mass is 334 g/mol. The van der Waals surface area contributed by atoms with Gasteiger partial charge < -0.3 is 0 Å². The number of hydrogen-bond acceptors (Lipinski definition) is 2. The van der Waals surface area contributed by atoms with Crippen LogP contribution < -0.4 is 0 Å². The van der Waals surface area contributed by atoms with E-state index in [4.69, 9.17) is 10.4 Å². The van der Waals surface area contributed by atoms with Crippen LogP contribution in [0, 0.1) is 0 Å². The summed E-state index contributed by atoms with van der Waals surface area (Å²) in [7, 11) is 6.13. The minimum absolute atomic E-state index is 1.50. The van der Waals surface area contributed by atoms with Gasteiger partial charge in [0.25, 0.3) is 0 Å². The number of rotatable bonds is 2. The molecule has 0 bridgehead atoms. The minimum atomic E-state index is -1.56. The van der Waals surface area contributed by atoms with Crippen LogP contribution in [0.4, 0.5) is 0 Å². The molecule has 0 heterocycles. The van der Waals surface area contributed by atoms with Gasteiger partial charge in [0.1, 0.15) is 0 Å². The molecule has 4 heteroatoms. The number of hydrogen-bond donors (Lipinski definition) is 0. The Kier molecular flexibility index (Phi) is 4.31. The molecule has 0 N–H and O–H groups in total. The molecule has 0 aromatic carbocycles. The second kappa shape index (κ2) is 3.55. The van der Waals surface area contributed by atoms with Gasteiger partial charge in [-0.25, -0.2) is 0 Å². The topological polar surface area (TPSA) is 0 Å². The third kappa shape index (κ3) is 9.93. The fourth-order valence-electron chi connectivity index (χ4n) is 0.660. The van der Waals surface area contributed by atoms with Crippen LogP contribution in [0.15, 0.2) is 0 Å². The van der Waals surface area contributed by atoms with E-state index in [2.05, 4.69) is 33.5 Å². The van der Waals surface area contributed by atoms with Crippen LogP contribution in [-0.4, -0.2) is 27.7 Å². The standard InChI is InChI=1S/C2H7AsS2.3CH3.Sn/c1-3(2,4)5;;;;/h1-2H3,(H,4,5);3*1H3;/q;;;;+1/p-1. The molecule has 0 nitrogen and oxygen atoms in total. The molecular formula is C5H15AsS2Sn. The van der Waals surface area contributed by atoms with Crippen LogP contribution in [0.2, 0.25) is 26.2 Å². The van der Waals surface area contributed by atoms with E-state index in [0.717, 1.165) is 0 Å². The zero-order chi connectivity index (χ0) is 7.71. The van der Waals surface area contributed by atoms with E-state index in [-0.39, 0.29) is 0 Å². The first-order valence-electron chi connectivity index (χ1n) is 2.96. The molecule has 0 aliphatic carbocycles. The summed E-state index contributed by atoms with van der Waals surface area (Å²) in [6.07, 6.45) is 0. The molecule has 0 aromatic rings. The Bertz CT molecular complexity index is 132. The third-order valence-electron chi connectivity index (χ3n) is 0.494. The van der Waals surface area contributed by atoms with Crippen molar-refractivity contribution < 1.29 is 0 Å². The van der Waals surface area contributed by atoms with Crippen molar-refractivity contribution in [3.05, 3.63) is 0 Å². The fourth-order valence-corrected chi connectivity index (χ4v) is 92.3. The Morgan fingerprint density at radius 3 is 1.56 bits per heavy atom. The molecule has 0 unspecified atom stereocenters. The van der Waals surface area contributed by atoms with Crippen molar-refractivity contribution in [2.75, 3.05) is 0 Å². The Morgan fingerprint density at radius 1 is 1.22 bits per heavy atom. The summed E-state index contributed by atoms with van der Waals surface area (Å²) in [5.41, 5.74) is 4.58. The molecule has 0 aromatic heterocycles. The first kappa shape index (κ1) is 10.9. The van der Waals surface area contributed by atoms with E-state index in [1.807, 2.05) is 0 Å². The van der Waals surface area contributed by atoms with Crippen molar-refractivity contribution in [3.63, 3.8) is 0 Å². The molecule has 0 radical (unpaired) electrons. The van der Waals surface area contributed by atoms with E-state index in [1.165, 1.54) is 0 Å². The molecule has 0 aliphatic rings. The molecule has 0 amide bonds. The average molecular weight is 333 g/mol. The maximum atomic E-state index is 5.42. The van der Waals surface area contributed by atoms with Crippen LogP contribution in [0.3, 0.4) is 0 Å². The molecule has 0 rings (SSSR count). The summed E-state index contributed by atoms with van der Waals surface area (Å²) in [5, 5.41) is 0. The van der Waals surface area contributed by atoms with Crippen LogP contribution in [-0.2, 0) is 0 Å². The Morgan fingerprint density at radius 2 is 1.56 bits per heavy atom. The van der Waals surface area contributed by atoms with E-state index < -0.39 is 27.7 Å². The van der Waals surface area contributed by atoms with Crippen LogP contribution >= 0.6 is 17.6 Å². The van der Waals surface area contributed by atoms with Crippen LogP contribution in [0.25, 0.3) is 0 Å². The predicted molar refractivity (Wildman–Crippen MR) is 56.0 cm³/mol. The summed E-state index contributed by atoms with van der Waals surface area (Å²) in [6.45, 7) is 0. The van der Waals surface area contributed by atoms with Gasteiger partial charge in [-0.15, -0.1) is 0 Å². The van der Waals surface area contributed by atoms with Gasteiger partial charge in [0, 0.05) is 0 Å². The second-order valence-corrected chi connectivity index (χ2v) is 49.1. The van der Waals surface area contributed by atoms with Gasteiger partial charge in [0.05, 0.1) is 0 Å². The van der Waals surface area contributed by atoms with E-state index in [9.17, 15) is 0 Å². The molecule has 0 fully saturated rings. The third-order valence-corrected chi connectivity index (χ3v) is 59.4. The van der Waals surface area contributed by atoms with Crippen molar-refractivity contribution in [2.45, 2.75) is 26.2 Å². The van der Waals surface area contributed by atoms with Crippen LogP contribution in [0.5, 0.6) is 0 Å². The van der Waals surface area contributed by atoms with E-state index >= 15 is 0 Å². The zero-order valence-electron chi connectivity index (χ0n) is 6.76. The second-order valence-electron chi connectivity index (χ2n) is 3.46. The Labute approximate surface area is 70.7 Å². The molecular weight excluding hydrogens is 318 g/mol. The SMILES string of the molecule is C[As](C)(=S)[S][Sn]([CH3])([CH3])[CH3]. The first-order valence-corrected chi connectivity index (χ1v) is 24.5. The maximum absolute atomic E-state index is 5.42. The van der Waals surface area contributed by atoms with Gasteiger partial charge in [0.2, 0.25) is 0 Å². The summed E-state index contributed by atoms with van der Waals surface area (Å²) in [4.78, 5) is 7.32. The van der Waals surface area contributed by atoms with Gasteiger partial charge in [-0.05, 0) is 0 Å². The van der Waals surface area contributed by atoms with E-state index in [0.29, 0.717) is 0 Å². The van der Waals surface area contributed by atoms with Gasteiger partial charge in [0.15, 0.2) is 0 Å². The van der Waals surface area contributed by atoms with Gasteiger partial charge in [-0.1, -0.05) is 0 Å². The molecule has 0 atom stereocenters. The first-order chi connectivity index (χ1) is 3.71. The molecule has 56 valence electrons. The summed E-state index contributed by atoms with van der Waals surface area (Å²) in [6, 6.07) is 0. The normalized spacial score (nSPS) is 13.9. The molecule has 0 saturated heterocycles. The summed E-state index contributed by atoms with van der Waals surface area (Å²) in [5.74, 6) is 0. The fraction of sp³-hybridized carbons (Fsp3) is 1.00. The zero-order valence-corrected chi connectivity index (χ0v) is 13.1. The van der Waals surface area contributed by atoms with Crippen molar-refractivity contribution in [2.24, 2.45) is 0 Å². The van der Waals surface area contributed by atoms with Gasteiger partial charge in [-0.3, -0.25) is 0 Å².